The van der Waals surface area contributed by atoms with Crippen LogP contribution in [-0.2, 0) is 0 Å². The Bertz CT molecular complexity index is 182. The van der Waals surface area contributed by atoms with Crippen LogP contribution in [-0.4, -0.2) is 12.1 Å². The van der Waals surface area contributed by atoms with E-state index in [9.17, 15) is 0 Å². The molecule has 2 aliphatic rings. The molecule has 0 spiro atoms. The minimum absolute atomic E-state index is 0.858. The maximum atomic E-state index is 3.99. The molecule has 2 saturated carbocycles. The van der Waals surface area contributed by atoms with Gasteiger partial charge in [-0.15, -0.1) is 0 Å². The van der Waals surface area contributed by atoms with Crippen LogP contribution in [0.4, 0.5) is 0 Å². The third-order valence-electron chi connectivity index (χ3n) is 4.62. The Hall–Kier alpha value is -0.0400. The molecule has 0 amide bonds. The highest BCUT2D eigenvalue weighted by atomic mass is 15.0. The molecular weight excluding hydrogens is 194 g/mol. The summed E-state index contributed by atoms with van der Waals surface area (Å²) in [5, 5.41) is 3.99. The maximum Gasteiger partial charge on any atom is 0.00979 e. The second-order valence-corrected chi connectivity index (χ2v) is 5.94. The average molecular weight is 223 g/mol. The molecule has 2 fully saturated rings. The van der Waals surface area contributed by atoms with E-state index < -0.39 is 0 Å². The Kier molecular flexibility index (Phi) is 5.15. The molecule has 16 heavy (non-hydrogen) atoms. The second-order valence-electron chi connectivity index (χ2n) is 5.94. The predicted octanol–water partition coefficient (Wildman–Crippen LogP) is 4.27. The molecule has 1 N–H and O–H groups in total. The molecule has 0 aromatic carbocycles. The van der Waals surface area contributed by atoms with E-state index in [1.807, 2.05) is 0 Å². The van der Waals surface area contributed by atoms with Crippen LogP contribution in [0.2, 0.25) is 0 Å². The summed E-state index contributed by atoms with van der Waals surface area (Å²) in [6.07, 6.45) is 16.0. The molecule has 2 unspecified atom stereocenters. The van der Waals surface area contributed by atoms with E-state index in [1.54, 1.807) is 0 Å². The van der Waals surface area contributed by atoms with Crippen LogP contribution in [0.25, 0.3) is 0 Å². The van der Waals surface area contributed by atoms with E-state index in [0.717, 1.165) is 18.0 Å². The van der Waals surface area contributed by atoms with E-state index in [2.05, 4.69) is 12.2 Å². The van der Waals surface area contributed by atoms with Crippen molar-refractivity contribution in [3.8, 4) is 0 Å². The van der Waals surface area contributed by atoms with Gasteiger partial charge >= 0.3 is 0 Å². The fourth-order valence-corrected chi connectivity index (χ4v) is 3.72. The Morgan fingerprint density at radius 1 is 0.875 bits per heavy atom. The second kappa shape index (κ2) is 6.64. The first-order valence-electron chi connectivity index (χ1n) is 7.66. The summed E-state index contributed by atoms with van der Waals surface area (Å²) in [5.41, 5.74) is 0. The minimum Gasteiger partial charge on any atom is -0.311 e. The maximum absolute atomic E-state index is 3.99. The van der Waals surface area contributed by atoms with Crippen molar-refractivity contribution >= 4 is 0 Å². The van der Waals surface area contributed by atoms with Crippen molar-refractivity contribution in [2.45, 2.75) is 89.6 Å². The van der Waals surface area contributed by atoms with Crippen LogP contribution in [0.15, 0.2) is 0 Å². The van der Waals surface area contributed by atoms with E-state index in [1.165, 1.54) is 70.6 Å². The van der Waals surface area contributed by atoms with Crippen LogP contribution in [0.3, 0.4) is 0 Å². The summed E-state index contributed by atoms with van der Waals surface area (Å²) in [5.74, 6) is 0.987. The van der Waals surface area contributed by atoms with Crippen molar-refractivity contribution in [1.82, 2.24) is 5.32 Å². The molecule has 1 heteroatoms. The first kappa shape index (κ1) is 12.4. The summed E-state index contributed by atoms with van der Waals surface area (Å²) in [6.45, 7) is 2.34. The smallest absolute Gasteiger partial charge is 0.00979 e. The lowest BCUT2D eigenvalue weighted by atomic mass is 9.81. The molecular formula is C15H29N. The van der Waals surface area contributed by atoms with Crippen molar-refractivity contribution in [3.63, 3.8) is 0 Å². The van der Waals surface area contributed by atoms with Crippen LogP contribution < -0.4 is 5.32 Å². The van der Waals surface area contributed by atoms with Crippen molar-refractivity contribution in [2.75, 3.05) is 0 Å². The van der Waals surface area contributed by atoms with E-state index in [-0.39, 0.29) is 0 Å². The van der Waals surface area contributed by atoms with Crippen LogP contribution in [0, 0.1) is 5.92 Å². The number of hydrogen-bond acceptors (Lipinski definition) is 1. The zero-order valence-electron chi connectivity index (χ0n) is 11.0. The lowest BCUT2D eigenvalue weighted by molar-refractivity contribution is 0.212. The highest BCUT2D eigenvalue weighted by molar-refractivity contribution is 4.84. The summed E-state index contributed by atoms with van der Waals surface area (Å²) < 4.78 is 0. The van der Waals surface area contributed by atoms with E-state index in [4.69, 9.17) is 0 Å². The van der Waals surface area contributed by atoms with Gasteiger partial charge in [-0.3, -0.25) is 0 Å². The van der Waals surface area contributed by atoms with Gasteiger partial charge in [0.05, 0.1) is 0 Å². The fourth-order valence-electron chi connectivity index (χ4n) is 3.72. The van der Waals surface area contributed by atoms with E-state index >= 15 is 0 Å². The fraction of sp³-hybridized carbons (Fsp3) is 1.00. The van der Waals surface area contributed by atoms with Gasteiger partial charge in [-0.1, -0.05) is 45.4 Å². The number of nitrogens with one attached hydrogen (secondary N) is 1. The van der Waals surface area contributed by atoms with Gasteiger partial charge in [-0.25, -0.2) is 0 Å². The predicted molar refractivity (Wildman–Crippen MR) is 70.7 cm³/mol. The van der Waals surface area contributed by atoms with E-state index in [0.29, 0.717) is 0 Å². The van der Waals surface area contributed by atoms with Crippen molar-refractivity contribution in [3.05, 3.63) is 0 Å². The molecule has 2 aliphatic carbocycles. The highest BCUT2D eigenvalue weighted by Gasteiger charge is 2.26. The van der Waals surface area contributed by atoms with Crippen LogP contribution >= 0.6 is 0 Å². The van der Waals surface area contributed by atoms with Gasteiger partial charge in [0.15, 0.2) is 0 Å². The topological polar surface area (TPSA) is 12.0 Å². The van der Waals surface area contributed by atoms with Gasteiger partial charge in [0.2, 0.25) is 0 Å². The lowest BCUT2D eigenvalue weighted by Gasteiger charge is -2.36. The normalized spacial score (nSPS) is 32.8. The Balaban J connectivity index is 1.80. The van der Waals surface area contributed by atoms with Gasteiger partial charge in [0.1, 0.15) is 0 Å². The quantitative estimate of drug-likeness (QED) is 0.750. The summed E-state index contributed by atoms with van der Waals surface area (Å²) in [6, 6.07) is 1.72. The van der Waals surface area contributed by atoms with Crippen molar-refractivity contribution in [1.29, 1.82) is 0 Å². The molecule has 94 valence electrons. The molecule has 0 bridgehead atoms. The summed E-state index contributed by atoms with van der Waals surface area (Å²) in [7, 11) is 0. The zero-order valence-corrected chi connectivity index (χ0v) is 11.0. The molecule has 0 saturated heterocycles. The Morgan fingerprint density at radius 3 is 2.31 bits per heavy atom. The van der Waals surface area contributed by atoms with Gasteiger partial charge in [-0.2, -0.15) is 0 Å². The third-order valence-corrected chi connectivity index (χ3v) is 4.62. The average Bonchev–Trinajstić information content (AvgIpc) is 2.33. The highest BCUT2D eigenvalue weighted by Crippen LogP contribution is 2.29. The standard InChI is InChI=1S/C15H29N/c1-2-8-13-9-6-7-12-15(13)16-14-10-4-3-5-11-14/h13-16H,2-12H2,1H3. The summed E-state index contributed by atoms with van der Waals surface area (Å²) in [4.78, 5) is 0. The first-order chi connectivity index (χ1) is 7.90. The monoisotopic (exact) mass is 223 g/mol. The molecule has 0 aliphatic heterocycles. The SMILES string of the molecule is CCCC1CCCCC1NC1CCCCC1. The van der Waals surface area contributed by atoms with Crippen LogP contribution in [0.1, 0.15) is 77.6 Å². The molecule has 0 radical (unpaired) electrons. The number of hydrogen-bond donors (Lipinski definition) is 1. The Labute approximate surface area is 101 Å². The van der Waals surface area contributed by atoms with Gasteiger partial charge in [-0.05, 0) is 38.0 Å². The van der Waals surface area contributed by atoms with Crippen LogP contribution in [0.5, 0.6) is 0 Å². The molecule has 1 nitrogen and oxygen atoms in total. The molecule has 2 atom stereocenters. The van der Waals surface area contributed by atoms with Gasteiger partial charge in [0, 0.05) is 12.1 Å². The molecule has 2 rings (SSSR count). The zero-order chi connectivity index (χ0) is 11.2. The van der Waals surface area contributed by atoms with Crippen molar-refractivity contribution in [2.24, 2.45) is 5.92 Å². The molecule has 0 aromatic rings. The largest absolute Gasteiger partial charge is 0.311 e. The lowest BCUT2D eigenvalue weighted by Crippen LogP contribution is -2.45. The first-order valence-corrected chi connectivity index (χ1v) is 7.66. The molecule has 0 heterocycles. The third kappa shape index (κ3) is 3.48. The molecule has 0 aromatic heterocycles. The van der Waals surface area contributed by atoms with Gasteiger partial charge < -0.3 is 5.32 Å². The van der Waals surface area contributed by atoms with Crippen molar-refractivity contribution < 1.29 is 0 Å². The Morgan fingerprint density at radius 2 is 1.56 bits per heavy atom. The minimum atomic E-state index is 0.858. The van der Waals surface area contributed by atoms with Gasteiger partial charge in [0.25, 0.3) is 0 Å². The summed E-state index contributed by atoms with van der Waals surface area (Å²) >= 11 is 0. The number of rotatable bonds is 4.